The molecule has 0 amide bonds. The van der Waals surface area contributed by atoms with Crippen LogP contribution in [-0.4, -0.2) is 23.7 Å². The molecule has 0 aliphatic heterocycles. The summed E-state index contributed by atoms with van der Waals surface area (Å²) in [6.45, 7) is 1.59. The van der Waals surface area contributed by atoms with Gasteiger partial charge in [-0.25, -0.2) is 0 Å². The molecular formula is C13H16O4. The van der Waals surface area contributed by atoms with E-state index in [9.17, 15) is 9.59 Å². The van der Waals surface area contributed by atoms with Crippen molar-refractivity contribution < 1.29 is 19.4 Å². The van der Waals surface area contributed by atoms with E-state index in [1.54, 1.807) is 0 Å². The Morgan fingerprint density at radius 2 is 1.94 bits per heavy atom. The van der Waals surface area contributed by atoms with Gasteiger partial charge < -0.3 is 9.84 Å². The van der Waals surface area contributed by atoms with E-state index in [1.807, 2.05) is 30.3 Å². The molecule has 0 saturated carbocycles. The lowest BCUT2D eigenvalue weighted by Gasteiger charge is -2.14. The SMILES string of the molecule is CC(=O)OCC[C@H](CC(=O)O)c1ccccc1. The third kappa shape index (κ3) is 5.15. The highest BCUT2D eigenvalue weighted by Gasteiger charge is 2.15. The maximum atomic E-state index is 10.8. The summed E-state index contributed by atoms with van der Waals surface area (Å²) in [5, 5.41) is 8.85. The molecule has 17 heavy (non-hydrogen) atoms. The van der Waals surface area contributed by atoms with Gasteiger partial charge in [-0.2, -0.15) is 0 Å². The van der Waals surface area contributed by atoms with E-state index in [4.69, 9.17) is 9.84 Å². The monoisotopic (exact) mass is 236 g/mol. The molecule has 92 valence electrons. The van der Waals surface area contributed by atoms with E-state index in [2.05, 4.69) is 0 Å². The van der Waals surface area contributed by atoms with Crippen molar-refractivity contribution in [1.29, 1.82) is 0 Å². The number of aliphatic carboxylic acids is 1. The molecule has 1 aromatic rings. The summed E-state index contributed by atoms with van der Waals surface area (Å²) in [4.78, 5) is 21.4. The zero-order chi connectivity index (χ0) is 12.7. The number of hydrogen-bond acceptors (Lipinski definition) is 3. The summed E-state index contributed by atoms with van der Waals surface area (Å²) in [6.07, 6.45) is 0.571. The average molecular weight is 236 g/mol. The maximum absolute atomic E-state index is 10.8. The smallest absolute Gasteiger partial charge is 0.303 e. The fourth-order valence-corrected chi connectivity index (χ4v) is 1.67. The largest absolute Gasteiger partial charge is 0.481 e. The van der Waals surface area contributed by atoms with Crippen molar-refractivity contribution in [2.45, 2.75) is 25.7 Å². The second kappa shape index (κ2) is 6.68. The van der Waals surface area contributed by atoms with Crippen LogP contribution in [0.1, 0.15) is 31.2 Å². The summed E-state index contributed by atoms with van der Waals surface area (Å²) in [6, 6.07) is 9.40. The van der Waals surface area contributed by atoms with Crippen LogP contribution in [0.3, 0.4) is 0 Å². The quantitative estimate of drug-likeness (QED) is 0.769. The van der Waals surface area contributed by atoms with Gasteiger partial charge >= 0.3 is 11.9 Å². The predicted octanol–water partition coefficient (Wildman–Crippen LogP) is 2.20. The number of rotatable bonds is 6. The van der Waals surface area contributed by atoms with Gasteiger partial charge in [0.25, 0.3) is 0 Å². The minimum Gasteiger partial charge on any atom is -0.481 e. The zero-order valence-corrected chi connectivity index (χ0v) is 9.76. The van der Waals surface area contributed by atoms with Gasteiger partial charge in [0.05, 0.1) is 13.0 Å². The molecule has 1 rings (SSSR count). The molecule has 0 spiro atoms. The predicted molar refractivity (Wildman–Crippen MR) is 62.7 cm³/mol. The topological polar surface area (TPSA) is 63.6 Å². The van der Waals surface area contributed by atoms with Gasteiger partial charge in [-0.1, -0.05) is 30.3 Å². The Labute approximate surface area is 100 Å². The van der Waals surface area contributed by atoms with E-state index in [-0.39, 0.29) is 24.9 Å². The third-order valence-corrected chi connectivity index (χ3v) is 2.46. The summed E-state index contributed by atoms with van der Waals surface area (Å²) in [5.41, 5.74) is 0.960. The highest BCUT2D eigenvalue weighted by atomic mass is 16.5. The lowest BCUT2D eigenvalue weighted by Crippen LogP contribution is -2.10. The number of ether oxygens (including phenoxy) is 1. The van der Waals surface area contributed by atoms with Crippen LogP contribution >= 0.6 is 0 Å². The van der Waals surface area contributed by atoms with Gasteiger partial charge in [-0.05, 0) is 17.9 Å². The van der Waals surface area contributed by atoms with E-state index in [0.29, 0.717) is 6.42 Å². The number of hydrogen-bond donors (Lipinski definition) is 1. The molecule has 0 radical (unpaired) electrons. The Morgan fingerprint density at radius 3 is 2.47 bits per heavy atom. The van der Waals surface area contributed by atoms with Gasteiger partial charge in [-0.15, -0.1) is 0 Å². The van der Waals surface area contributed by atoms with Crippen LogP contribution in [0.25, 0.3) is 0 Å². The standard InChI is InChI=1S/C13H16O4/c1-10(14)17-8-7-12(9-13(15)16)11-5-3-2-4-6-11/h2-6,12H,7-9H2,1H3,(H,15,16)/t12-/m1/s1. The number of carbonyl (C=O) groups is 2. The minimum absolute atomic E-state index is 0.0469. The average Bonchev–Trinajstić information content (AvgIpc) is 2.28. The van der Waals surface area contributed by atoms with Gasteiger partial charge in [0.2, 0.25) is 0 Å². The second-order valence-electron chi connectivity index (χ2n) is 3.83. The van der Waals surface area contributed by atoms with Crippen molar-refractivity contribution in [1.82, 2.24) is 0 Å². The van der Waals surface area contributed by atoms with Crippen LogP contribution < -0.4 is 0 Å². The van der Waals surface area contributed by atoms with Gasteiger partial charge in [-0.3, -0.25) is 9.59 Å². The Bertz CT molecular complexity index is 372. The third-order valence-electron chi connectivity index (χ3n) is 2.46. The van der Waals surface area contributed by atoms with Crippen LogP contribution in [0, 0.1) is 0 Å². The normalized spacial score (nSPS) is 11.8. The molecule has 1 aromatic carbocycles. The summed E-state index contributed by atoms with van der Waals surface area (Å²) in [5.74, 6) is -1.30. The highest BCUT2D eigenvalue weighted by molar-refractivity contribution is 5.68. The molecule has 0 aliphatic rings. The van der Waals surface area contributed by atoms with Crippen molar-refractivity contribution in [3.8, 4) is 0 Å². The van der Waals surface area contributed by atoms with Crippen LogP contribution in [0.15, 0.2) is 30.3 Å². The molecule has 0 aliphatic carbocycles. The van der Waals surface area contributed by atoms with E-state index < -0.39 is 5.97 Å². The van der Waals surface area contributed by atoms with Gasteiger partial charge in [0.1, 0.15) is 0 Å². The van der Waals surface area contributed by atoms with Crippen molar-refractivity contribution in [2.24, 2.45) is 0 Å². The first-order chi connectivity index (χ1) is 8.09. The molecule has 0 saturated heterocycles. The lowest BCUT2D eigenvalue weighted by molar-refractivity contribution is -0.141. The number of benzene rings is 1. The van der Waals surface area contributed by atoms with Crippen LogP contribution in [0.5, 0.6) is 0 Å². The molecule has 0 unspecified atom stereocenters. The molecule has 4 nitrogen and oxygen atoms in total. The molecular weight excluding hydrogens is 220 g/mol. The zero-order valence-electron chi connectivity index (χ0n) is 9.76. The van der Waals surface area contributed by atoms with Crippen molar-refractivity contribution >= 4 is 11.9 Å². The highest BCUT2D eigenvalue weighted by Crippen LogP contribution is 2.23. The van der Waals surface area contributed by atoms with Crippen LogP contribution in [0.4, 0.5) is 0 Å². The number of carboxylic acid groups (broad SMARTS) is 1. The van der Waals surface area contributed by atoms with Crippen molar-refractivity contribution in [2.75, 3.05) is 6.61 Å². The molecule has 1 N–H and O–H groups in total. The summed E-state index contributed by atoms with van der Waals surface area (Å²) in [7, 11) is 0. The Balaban J connectivity index is 2.61. The summed E-state index contributed by atoms with van der Waals surface area (Å²) < 4.78 is 4.84. The van der Waals surface area contributed by atoms with Crippen molar-refractivity contribution in [3.63, 3.8) is 0 Å². The van der Waals surface area contributed by atoms with Crippen LogP contribution in [0.2, 0.25) is 0 Å². The molecule has 0 bridgehead atoms. The molecule has 0 heterocycles. The fraction of sp³-hybridized carbons (Fsp3) is 0.385. The second-order valence-corrected chi connectivity index (χ2v) is 3.83. The first-order valence-corrected chi connectivity index (χ1v) is 5.49. The molecule has 0 aromatic heterocycles. The Morgan fingerprint density at radius 1 is 1.29 bits per heavy atom. The van der Waals surface area contributed by atoms with Crippen molar-refractivity contribution in [3.05, 3.63) is 35.9 Å². The first-order valence-electron chi connectivity index (χ1n) is 5.49. The lowest BCUT2D eigenvalue weighted by atomic mass is 9.93. The first kappa shape index (κ1) is 13.2. The summed E-state index contributed by atoms with van der Waals surface area (Å²) >= 11 is 0. The van der Waals surface area contributed by atoms with E-state index >= 15 is 0 Å². The Hall–Kier alpha value is -1.84. The van der Waals surface area contributed by atoms with E-state index in [0.717, 1.165) is 5.56 Å². The van der Waals surface area contributed by atoms with Crippen LogP contribution in [-0.2, 0) is 14.3 Å². The molecule has 0 fully saturated rings. The minimum atomic E-state index is -0.846. The number of esters is 1. The van der Waals surface area contributed by atoms with Gasteiger partial charge in [0.15, 0.2) is 0 Å². The van der Waals surface area contributed by atoms with Gasteiger partial charge in [0, 0.05) is 6.92 Å². The molecule has 4 heteroatoms. The number of carboxylic acids is 1. The molecule has 1 atom stereocenters. The maximum Gasteiger partial charge on any atom is 0.303 e. The fourth-order valence-electron chi connectivity index (χ4n) is 1.67. The Kier molecular flexibility index (Phi) is 5.20. The van der Waals surface area contributed by atoms with E-state index in [1.165, 1.54) is 6.92 Å². The number of carbonyl (C=O) groups excluding carboxylic acids is 1.